The molecule has 180 valence electrons. The molecule has 36 heavy (non-hydrogen) atoms. The molecule has 5 aromatic rings. The number of hydrogen-bond donors (Lipinski definition) is 0. The molecular formula is C34H34NS+. The van der Waals surface area contributed by atoms with Gasteiger partial charge in [-0.1, -0.05) is 80.9 Å². The van der Waals surface area contributed by atoms with Gasteiger partial charge < -0.3 is 0 Å². The molecule has 1 saturated carbocycles. The minimum Gasteiger partial charge on any atom is -0.200 e. The van der Waals surface area contributed by atoms with Crippen LogP contribution >= 0.6 is 11.8 Å². The number of aryl methyl sites for hydroxylation is 2. The molecule has 7 rings (SSSR count). The first-order valence-electron chi connectivity index (χ1n) is 13.6. The molecule has 0 unspecified atom stereocenters. The Morgan fingerprint density at radius 1 is 0.917 bits per heavy atom. The quantitative estimate of drug-likeness (QED) is 0.177. The smallest absolute Gasteiger partial charge is 0.200 e. The number of fused-ring (bicyclic) bond motifs is 5. The molecular weight excluding hydrogens is 454 g/mol. The molecule has 0 N–H and O–H groups in total. The van der Waals surface area contributed by atoms with Gasteiger partial charge in [0.15, 0.2) is 6.20 Å². The Bertz CT molecular complexity index is 1690. The van der Waals surface area contributed by atoms with Crippen LogP contribution in [0.3, 0.4) is 0 Å². The average Bonchev–Trinajstić information content (AvgIpc) is 3.42. The van der Waals surface area contributed by atoms with Gasteiger partial charge in [0.1, 0.15) is 7.05 Å². The summed E-state index contributed by atoms with van der Waals surface area (Å²) in [7, 11) is 2.24. The standard InChI is InChI=1S/C34H34NS/c1-20(2)18-28-26-14-8-7-13-24(26)21(3)30-33-32-27(16-17-35(33)4)31-23(19-29(32)36-34(28)30)12-9-15-25(31)22-10-5-6-11-22/h7-9,12-17,19-20,22H,5-6,10-11,18H2,1-4H3/q+1. The second kappa shape index (κ2) is 8.35. The van der Waals surface area contributed by atoms with Crippen LogP contribution in [0.15, 0.2) is 70.6 Å². The predicted molar refractivity (Wildman–Crippen MR) is 154 cm³/mol. The molecule has 0 radical (unpaired) electrons. The second-order valence-corrected chi connectivity index (χ2v) is 12.5. The molecule has 1 aliphatic carbocycles. The van der Waals surface area contributed by atoms with Gasteiger partial charge in [-0.05, 0) is 82.3 Å². The molecule has 0 bridgehead atoms. The topological polar surface area (TPSA) is 3.88 Å². The summed E-state index contributed by atoms with van der Waals surface area (Å²) < 4.78 is 2.38. The van der Waals surface area contributed by atoms with Crippen LogP contribution in [-0.2, 0) is 13.5 Å². The Kier molecular flexibility index (Phi) is 5.19. The van der Waals surface area contributed by atoms with E-state index < -0.39 is 0 Å². The van der Waals surface area contributed by atoms with Crippen LogP contribution in [-0.4, -0.2) is 0 Å². The zero-order chi connectivity index (χ0) is 24.6. The van der Waals surface area contributed by atoms with Crippen LogP contribution in [0.1, 0.15) is 62.1 Å². The summed E-state index contributed by atoms with van der Waals surface area (Å²) >= 11 is 2.02. The van der Waals surface area contributed by atoms with Crippen molar-refractivity contribution in [3.63, 3.8) is 0 Å². The van der Waals surface area contributed by atoms with Gasteiger partial charge in [-0.2, -0.15) is 0 Å². The lowest BCUT2D eigenvalue weighted by atomic mass is 9.86. The summed E-state index contributed by atoms with van der Waals surface area (Å²) in [5.41, 5.74) is 7.36. The van der Waals surface area contributed by atoms with Crippen molar-refractivity contribution < 1.29 is 4.57 Å². The molecule has 1 aliphatic heterocycles. The lowest BCUT2D eigenvalue weighted by Gasteiger charge is -2.26. The van der Waals surface area contributed by atoms with E-state index in [2.05, 4.69) is 93.2 Å². The van der Waals surface area contributed by atoms with Crippen LogP contribution in [0.5, 0.6) is 0 Å². The molecule has 2 aliphatic rings. The second-order valence-electron chi connectivity index (χ2n) is 11.4. The largest absolute Gasteiger partial charge is 0.222 e. The van der Waals surface area contributed by atoms with Gasteiger partial charge in [0, 0.05) is 21.2 Å². The molecule has 1 nitrogen and oxygen atoms in total. The van der Waals surface area contributed by atoms with E-state index in [1.165, 1.54) is 90.2 Å². The molecule has 0 amide bonds. The Morgan fingerprint density at radius 2 is 1.69 bits per heavy atom. The van der Waals surface area contributed by atoms with Gasteiger partial charge in [0.25, 0.3) is 0 Å². The highest BCUT2D eigenvalue weighted by molar-refractivity contribution is 8.00. The Balaban J connectivity index is 1.63. The van der Waals surface area contributed by atoms with Crippen LogP contribution in [0.4, 0.5) is 0 Å². The summed E-state index contributed by atoms with van der Waals surface area (Å²) in [6, 6.07) is 21.0. The fourth-order valence-corrected chi connectivity index (χ4v) is 8.45. The Hall–Kier alpha value is -2.84. The maximum atomic E-state index is 2.50. The van der Waals surface area contributed by atoms with E-state index in [0.717, 1.165) is 6.42 Å². The van der Waals surface area contributed by atoms with E-state index in [4.69, 9.17) is 0 Å². The van der Waals surface area contributed by atoms with Crippen molar-refractivity contribution in [2.24, 2.45) is 13.0 Å². The Labute approximate surface area is 218 Å². The number of pyridine rings is 1. The summed E-state index contributed by atoms with van der Waals surface area (Å²) in [5.74, 6) is 1.31. The number of rotatable bonds is 3. The molecule has 2 heterocycles. The first kappa shape index (κ1) is 22.4. The fraction of sp³-hybridized carbons (Fsp3) is 0.324. The predicted octanol–water partition coefficient (Wildman–Crippen LogP) is 9.27. The summed E-state index contributed by atoms with van der Waals surface area (Å²) in [4.78, 5) is 2.89. The molecule has 4 aromatic carbocycles. The zero-order valence-electron chi connectivity index (χ0n) is 21.8. The van der Waals surface area contributed by atoms with E-state index in [1.807, 2.05) is 11.8 Å². The molecule has 0 atom stereocenters. The number of aromatic nitrogens is 1. The lowest BCUT2D eigenvalue weighted by molar-refractivity contribution is -0.659. The highest BCUT2D eigenvalue weighted by Gasteiger charge is 2.33. The lowest BCUT2D eigenvalue weighted by Crippen LogP contribution is -2.32. The Morgan fingerprint density at radius 3 is 2.47 bits per heavy atom. The van der Waals surface area contributed by atoms with Crippen LogP contribution in [0, 0.1) is 12.8 Å². The molecule has 1 aromatic heterocycles. The first-order valence-corrected chi connectivity index (χ1v) is 14.4. The van der Waals surface area contributed by atoms with E-state index in [0.29, 0.717) is 11.8 Å². The molecule has 1 fully saturated rings. The van der Waals surface area contributed by atoms with Crippen molar-refractivity contribution >= 4 is 44.1 Å². The molecule has 0 saturated heterocycles. The van der Waals surface area contributed by atoms with Crippen molar-refractivity contribution in [2.45, 2.75) is 68.6 Å². The van der Waals surface area contributed by atoms with Crippen molar-refractivity contribution in [3.05, 3.63) is 77.5 Å². The first-order chi connectivity index (χ1) is 17.5. The van der Waals surface area contributed by atoms with Gasteiger partial charge in [0.2, 0.25) is 5.69 Å². The maximum Gasteiger partial charge on any atom is 0.222 e. The zero-order valence-corrected chi connectivity index (χ0v) is 22.6. The fourth-order valence-electron chi connectivity index (χ4n) is 7.07. The van der Waals surface area contributed by atoms with Gasteiger partial charge >= 0.3 is 0 Å². The van der Waals surface area contributed by atoms with Crippen molar-refractivity contribution in [3.8, 4) is 11.3 Å². The van der Waals surface area contributed by atoms with Gasteiger partial charge in [0.05, 0.1) is 10.9 Å². The van der Waals surface area contributed by atoms with E-state index >= 15 is 0 Å². The van der Waals surface area contributed by atoms with Crippen LogP contribution < -0.4 is 4.57 Å². The SMILES string of the molecule is Cc1c2c(c(CC(C)C)c3ccccc13)Sc1cc3cccc(C4CCCC4)c3c3cc[n+](C)c-2c13. The number of hydrogen-bond acceptors (Lipinski definition) is 1. The average molecular weight is 489 g/mol. The molecule has 2 heteroatoms. The third-order valence-corrected chi connectivity index (χ3v) is 9.84. The van der Waals surface area contributed by atoms with Crippen molar-refractivity contribution in [2.75, 3.05) is 0 Å². The van der Waals surface area contributed by atoms with Crippen LogP contribution in [0.2, 0.25) is 0 Å². The summed E-state index contributed by atoms with van der Waals surface area (Å²) in [5, 5.41) is 8.62. The van der Waals surface area contributed by atoms with Gasteiger partial charge in [-0.3, -0.25) is 0 Å². The maximum absolute atomic E-state index is 2.50. The van der Waals surface area contributed by atoms with E-state index in [-0.39, 0.29) is 0 Å². The van der Waals surface area contributed by atoms with E-state index in [9.17, 15) is 0 Å². The van der Waals surface area contributed by atoms with Gasteiger partial charge in [-0.15, -0.1) is 0 Å². The highest BCUT2D eigenvalue weighted by Crippen LogP contribution is 2.53. The minimum absolute atomic E-state index is 0.609. The van der Waals surface area contributed by atoms with Crippen molar-refractivity contribution in [1.29, 1.82) is 0 Å². The number of nitrogens with zero attached hydrogens (tertiary/aromatic N) is 1. The van der Waals surface area contributed by atoms with Gasteiger partial charge in [-0.25, -0.2) is 4.57 Å². The monoisotopic (exact) mass is 488 g/mol. The normalized spacial score (nSPS) is 15.5. The summed E-state index contributed by atoms with van der Waals surface area (Å²) in [6.07, 6.45) is 8.80. The number of benzene rings is 4. The third kappa shape index (κ3) is 3.20. The highest BCUT2D eigenvalue weighted by atomic mass is 32.2. The minimum atomic E-state index is 0.609. The van der Waals surface area contributed by atoms with Crippen LogP contribution in [0.25, 0.3) is 43.6 Å². The third-order valence-electron chi connectivity index (χ3n) is 8.64. The van der Waals surface area contributed by atoms with Crippen molar-refractivity contribution in [1.82, 2.24) is 0 Å². The summed E-state index contributed by atoms with van der Waals surface area (Å²) in [6.45, 7) is 7.04. The van der Waals surface area contributed by atoms with E-state index in [1.54, 1.807) is 5.56 Å². The molecule has 0 spiro atoms.